The third-order valence-electron chi connectivity index (χ3n) is 3.95. The lowest BCUT2D eigenvalue weighted by Gasteiger charge is -2.20. The van der Waals surface area contributed by atoms with E-state index >= 15 is 0 Å². The van der Waals surface area contributed by atoms with E-state index in [1.54, 1.807) is 24.3 Å². The number of nitrogens with two attached hydrogens (primary N) is 1. The largest absolute Gasteiger partial charge is 0.506 e. The quantitative estimate of drug-likeness (QED) is 0.119. The average molecular weight is 557 g/mol. The van der Waals surface area contributed by atoms with Crippen LogP contribution in [0.4, 0.5) is 5.69 Å². The van der Waals surface area contributed by atoms with Crippen LogP contribution in [-0.2, 0) is 9.59 Å². The van der Waals surface area contributed by atoms with Gasteiger partial charge in [-0.2, -0.15) is 0 Å². The third-order valence-corrected chi connectivity index (χ3v) is 5.02. The van der Waals surface area contributed by atoms with Crippen molar-refractivity contribution in [2.24, 2.45) is 10.8 Å². The van der Waals surface area contributed by atoms with Gasteiger partial charge in [-0.15, -0.1) is 0 Å². The predicted molar refractivity (Wildman–Crippen MR) is 121 cm³/mol. The highest BCUT2D eigenvalue weighted by Gasteiger charge is 2.23. The van der Waals surface area contributed by atoms with E-state index in [1.165, 1.54) is 18.5 Å². The normalized spacial score (nSPS) is 11.7. The number of carbonyl (C=O) groups is 3. The second kappa shape index (κ2) is 11.4. The zero-order valence-corrected chi connectivity index (χ0v) is 19.1. The monoisotopic (exact) mass is 555 g/mol. The molecule has 0 aliphatic heterocycles. The fourth-order valence-electron chi connectivity index (χ4n) is 2.61. The van der Waals surface area contributed by atoms with E-state index in [0.29, 0.717) is 14.6 Å². The summed E-state index contributed by atoms with van der Waals surface area (Å²) in [6.07, 6.45) is 0.786. The molecule has 0 bridgehead atoms. The molecule has 31 heavy (non-hydrogen) atoms. The number of amides is 2. The van der Waals surface area contributed by atoms with Crippen molar-refractivity contribution in [3.8, 4) is 5.75 Å². The van der Waals surface area contributed by atoms with Crippen molar-refractivity contribution in [2.75, 3.05) is 6.54 Å². The highest BCUT2D eigenvalue weighted by atomic mass is 79.9. The SMILES string of the molecule is NNC=Nc1cccc(C(=O)NCC(=O)NC(CC(=O)O)c2cc(Br)cc(Br)c2O)c1. The van der Waals surface area contributed by atoms with E-state index in [4.69, 9.17) is 5.84 Å². The minimum absolute atomic E-state index is 0.192. The Hall–Kier alpha value is -2.96. The van der Waals surface area contributed by atoms with Crippen LogP contribution in [0.2, 0.25) is 0 Å². The summed E-state index contributed by atoms with van der Waals surface area (Å²) < 4.78 is 0.916. The van der Waals surface area contributed by atoms with Crippen molar-refractivity contribution in [3.63, 3.8) is 0 Å². The number of aromatic hydroxyl groups is 1. The van der Waals surface area contributed by atoms with Crippen LogP contribution in [0.3, 0.4) is 0 Å². The zero-order chi connectivity index (χ0) is 23.0. The first-order chi connectivity index (χ1) is 14.7. The molecule has 2 aromatic rings. The number of rotatable bonds is 9. The number of aliphatic imine (C=N–C) groups is 1. The number of benzene rings is 2. The van der Waals surface area contributed by atoms with E-state index in [1.807, 2.05) is 0 Å². The van der Waals surface area contributed by atoms with Gasteiger partial charge < -0.3 is 26.3 Å². The smallest absolute Gasteiger partial charge is 0.305 e. The molecule has 0 fully saturated rings. The number of nitrogens with one attached hydrogen (secondary N) is 3. The fraction of sp³-hybridized carbons (Fsp3) is 0.158. The Morgan fingerprint density at radius 2 is 1.94 bits per heavy atom. The Morgan fingerprint density at radius 3 is 2.61 bits per heavy atom. The minimum atomic E-state index is -1.17. The first kappa shape index (κ1) is 24.3. The molecule has 2 aromatic carbocycles. The summed E-state index contributed by atoms with van der Waals surface area (Å²) in [6, 6.07) is 8.41. The molecule has 0 aliphatic rings. The Bertz CT molecular complexity index is 1020. The summed E-state index contributed by atoms with van der Waals surface area (Å²) in [5, 5.41) is 24.4. The van der Waals surface area contributed by atoms with Crippen LogP contribution in [0.25, 0.3) is 0 Å². The van der Waals surface area contributed by atoms with Crippen molar-refractivity contribution < 1.29 is 24.6 Å². The molecule has 0 saturated carbocycles. The van der Waals surface area contributed by atoms with Gasteiger partial charge in [0.2, 0.25) is 5.91 Å². The van der Waals surface area contributed by atoms with E-state index < -0.39 is 36.8 Å². The van der Waals surface area contributed by atoms with E-state index in [-0.39, 0.29) is 16.9 Å². The maximum atomic E-state index is 12.4. The molecule has 7 N–H and O–H groups in total. The number of phenols is 1. The number of phenolic OH excluding ortho intramolecular Hbond substituents is 1. The standard InChI is InChI=1S/C19H19Br2N5O5/c20-11-5-13(18(30)14(21)6-11)15(7-17(28)29)26-16(27)8-23-19(31)10-2-1-3-12(4-10)24-9-25-22/h1-6,9,15,30H,7-8,22H2,(H,23,31)(H,24,25)(H,26,27)(H,28,29). The molecule has 2 amide bonds. The highest BCUT2D eigenvalue weighted by Crippen LogP contribution is 2.36. The van der Waals surface area contributed by atoms with Crippen LogP contribution < -0.4 is 21.9 Å². The number of carbonyl (C=O) groups excluding carboxylic acids is 2. The van der Waals surface area contributed by atoms with Gasteiger partial charge >= 0.3 is 5.97 Å². The van der Waals surface area contributed by atoms with Gasteiger partial charge in [0.05, 0.1) is 29.2 Å². The summed E-state index contributed by atoms with van der Waals surface area (Å²) in [7, 11) is 0. The second-order valence-corrected chi connectivity index (χ2v) is 7.97. The minimum Gasteiger partial charge on any atom is -0.506 e. The summed E-state index contributed by atoms with van der Waals surface area (Å²) >= 11 is 6.44. The lowest BCUT2D eigenvalue weighted by atomic mass is 10.0. The Balaban J connectivity index is 2.07. The summed E-state index contributed by atoms with van der Waals surface area (Å²) in [4.78, 5) is 39.9. The molecule has 1 unspecified atom stereocenters. The maximum absolute atomic E-state index is 12.4. The number of hydrogen-bond acceptors (Lipinski definition) is 6. The number of hydrogen-bond donors (Lipinski definition) is 6. The van der Waals surface area contributed by atoms with Gasteiger partial charge in [-0.1, -0.05) is 22.0 Å². The first-order valence-electron chi connectivity index (χ1n) is 8.77. The molecular formula is C19H19Br2N5O5. The van der Waals surface area contributed by atoms with Crippen molar-refractivity contribution in [2.45, 2.75) is 12.5 Å². The fourth-order valence-corrected chi connectivity index (χ4v) is 3.87. The van der Waals surface area contributed by atoms with Gasteiger partial charge in [0.1, 0.15) is 12.1 Å². The lowest BCUT2D eigenvalue weighted by Crippen LogP contribution is -2.39. The topological polar surface area (TPSA) is 166 Å². The van der Waals surface area contributed by atoms with E-state index in [9.17, 15) is 24.6 Å². The molecule has 2 rings (SSSR count). The van der Waals surface area contributed by atoms with Crippen LogP contribution >= 0.6 is 31.9 Å². The number of hydrazine groups is 1. The van der Waals surface area contributed by atoms with Crippen molar-refractivity contribution in [3.05, 3.63) is 56.5 Å². The molecule has 0 radical (unpaired) electrons. The number of carboxylic acid groups (broad SMARTS) is 1. The van der Waals surface area contributed by atoms with Gasteiger partial charge in [-0.05, 0) is 46.3 Å². The third kappa shape index (κ3) is 7.35. The number of aliphatic carboxylic acids is 1. The zero-order valence-electron chi connectivity index (χ0n) is 15.9. The van der Waals surface area contributed by atoms with Crippen LogP contribution in [0, 0.1) is 0 Å². The van der Waals surface area contributed by atoms with Gasteiger partial charge in [0.25, 0.3) is 5.91 Å². The molecule has 10 nitrogen and oxygen atoms in total. The van der Waals surface area contributed by atoms with Crippen LogP contribution in [-0.4, -0.2) is 40.9 Å². The molecule has 0 heterocycles. The molecule has 12 heteroatoms. The maximum Gasteiger partial charge on any atom is 0.305 e. The van der Waals surface area contributed by atoms with Crippen LogP contribution in [0.15, 0.2) is 50.3 Å². The molecular weight excluding hydrogens is 538 g/mol. The lowest BCUT2D eigenvalue weighted by molar-refractivity contribution is -0.137. The van der Waals surface area contributed by atoms with Gasteiger partial charge in [0.15, 0.2) is 0 Å². The molecule has 0 spiro atoms. The van der Waals surface area contributed by atoms with Gasteiger partial charge in [-0.25, -0.2) is 10.8 Å². The molecule has 1 atom stereocenters. The molecule has 0 saturated heterocycles. The first-order valence-corrected chi connectivity index (χ1v) is 10.4. The average Bonchev–Trinajstić information content (AvgIpc) is 2.72. The summed E-state index contributed by atoms with van der Waals surface area (Å²) in [6.45, 7) is -0.400. The van der Waals surface area contributed by atoms with E-state index in [0.717, 1.165) is 0 Å². The Morgan fingerprint density at radius 1 is 1.19 bits per heavy atom. The van der Waals surface area contributed by atoms with Crippen molar-refractivity contribution in [1.82, 2.24) is 16.1 Å². The molecule has 0 aromatic heterocycles. The van der Waals surface area contributed by atoms with Gasteiger partial charge in [-0.3, -0.25) is 14.4 Å². The van der Waals surface area contributed by atoms with Crippen LogP contribution in [0.1, 0.15) is 28.4 Å². The van der Waals surface area contributed by atoms with Crippen molar-refractivity contribution >= 4 is 61.7 Å². The van der Waals surface area contributed by atoms with Gasteiger partial charge in [0, 0.05) is 15.6 Å². The predicted octanol–water partition coefficient (Wildman–Crippen LogP) is 2.10. The number of nitrogens with zero attached hydrogens (tertiary/aromatic N) is 1. The number of carboxylic acids is 1. The summed E-state index contributed by atoms with van der Waals surface area (Å²) in [5.74, 6) is 2.60. The van der Waals surface area contributed by atoms with E-state index in [2.05, 4.69) is 52.9 Å². The Labute approximate surface area is 194 Å². The molecule has 0 aliphatic carbocycles. The molecule has 164 valence electrons. The van der Waals surface area contributed by atoms with Crippen LogP contribution in [0.5, 0.6) is 5.75 Å². The number of halogens is 2. The summed E-state index contributed by atoms with van der Waals surface area (Å²) in [5.41, 5.74) is 3.21. The second-order valence-electron chi connectivity index (χ2n) is 6.20. The Kier molecular flexibility index (Phi) is 8.97. The van der Waals surface area contributed by atoms with Crippen molar-refractivity contribution in [1.29, 1.82) is 0 Å². The highest BCUT2D eigenvalue weighted by molar-refractivity contribution is 9.11.